The lowest BCUT2D eigenvalue weighted by Crippen LogP contribution is -2.30. The third-order valence-electron chi connectivity index (χ3n) is 4.70. The smallest absolute Gasteiger partial charge is 0.0991 e. The van der Waals surface area contributed by atoms with Crippen LogP contribution in [0.1, 0.15) is 22.7 Å². The first-order valence-corrected chi connectivity index (χ1v) is 8.53. The molecular formula is C21H19N5. The summed E-state index contributed by atoms with van der Waals surface area (Å²) in [6.45, 7) is 5.46. The Balaban J connectivity index is 1.37. The number of nitrogens with one attached hydrogen (secondary N) is 2. The molecule has 5 nitrogen and oxygen atoms in total. The van der Waals surface area contributed by atoms with Crippen molar-refractivity contribution in [3.8, 4) is 17.3 Å². The highest BCUT2D eigenvalue weighted by atomic mass is 15.2. The van der Waals surface area contributed by atoms with Crippen LogP contribution in [0.25, 0.3) is 11.3 Å². The van der Waals surface area contributed by atoms with E-state index >= 15 is 0 Å². The van der Waals surface area contributed by atoms with Gasteiger partial charge in [-0.25, -0.2) is 4.98 Å². The Labute approximate surface area is 152 Å². The molecule has 0 saturated carbocycles. The van der Waals surface area contributed by atoms with Crippen LogP contribution < -0.4 is 10.6 Å². The van der Waals surface area contributed by atoms with Crippen LogP contribution in [0.4, 0.5) is 0 Å². The summed E-state index contributed by atoms with van der Waals surface area (Å²) in [7, 11) is 0. The van der Waals surface area contributed by atoms with Gasteiger partial charge in [-0.15, -0.1) is 0 Å². The third-order valence-corrected chi connectivity index (χ3v) is 4.70. The van der Waals surface area contributed by atoms with Gasteiger partial charge < -0.3 is 15.2 Å². The molecule has 3 aromatic rings. The number of hydrogen-bond acceptors (Lipinski definition) is 4. The van der Waals surface area contributed by atoms with Crippen LogP contribution >= 0.6 is 0 Å². The number of fused-ring (bicyclic) bond motifs is 3. The van der Waals surface area contributed by atoms with Gasteiger partial charge >= 0.3 is 0 Å². The topological polar surface area (TPSA) is 65.7 Å². The first-order chi connectivity index (χ1) is 12.8. The minimum atomic E-state index is 0.206. The van der Waals surface area contributed by atoms with Gasteiger partial charge in [0.05, 0.1) is 41.7 Å². The molecule has 2 N–H and O–H groups in total. The van der Waals surface area contributed by atoms with Crippen LogP contribution in [0.3, 0.4) is 0 Å². The molecule has 0 bridgehead atoms. The average Bonchev–Trinajstić information content (AvgIpc) is 3.26. The lowest BCUT2D eigenvalue weighted by molar-refractivity contribution is 0.553. The van der Waals surface area contributed by atoms with Crippen molar-refractivity contribution in [3.63, 3.8) is 0 Å². The zero-order valence-electron chi connectivity index (χ0n) is 14.3. The van der Waals surface area contributed by atoms with Crippen LogP contribution in [0, 0.1) is 11.3 Å². The molecule has 2 aromatic carbocycles. The SMILES string of the molecule is C=C(NCc1ccc(C#N)cc1)NCC1c2ccccc2-c2cncn21. The maximum absolute atomic E-state index is 8.85. The lowest BCUT2D eigenvalue weighted by Gasteiger charge is -2.18. The highest BCUT2D eigenvalue weighted by molar-refractivity contribution is 5.69. The number of hydrogen-bond donors (Lipinski definition) is 2. The van der Waals surface area contributed by atoms with Crippen molar-refractivity contribution in [2.75, 3.05) is 6.54 Å². The van der Waals surface area contributed by atoms with E-state index < -0.39 is 0 Å². The standard InChI is InChI=1S/C21H19N5/c1-15(24-11-17-8-6-16(10-22)7-9-17)25-13-21-19-5-3-2-4-18(19)20-12-23-14-26(20)21/h2-9,12,14,21,24-25H,1,11,13H2. The summed E-state index contributed by atoms with van der Waals surface area (Å²) < 4.78 is 2.20. The van der Waals surface area contributed by atoms with E-state index in [1.54, 1.807) is 0 Å². The largest absolute Gasteiger partial charge is 0.370 e. The second-order valence-electron chi connectivity index (χ2n) is 6.31. The zero-order chi connectivity index (χ0) is 17.9. The maximum Gasteiger partial charge on any atom is 0.0991 e. The van der Waals surface area contributed by atoms with E-state index in [1.807, 2.05) is 36.8 Å². The fourth-order valence-electron chi connectivity index (χ4n) is 3.33. The van der Waals surface area contributed by atoms with E-state index in [0.717, 1.165) is 23.6 Å². The third kappa shape index (κ3) is 2.93. The molecule has 4 rings (SSSR count). The Morgan fingerprint density at radius 1 is 1.15 bits per heavy atom. The van der Waals surface area contributed by atoms with Gasteiger partial charge in [0.25, 0.3) is 0 Å². The van der Waals surface area contributed by atoms with Gasteiger partial charge in [-0.05, 0) is 23.3 Å². The maximum atomic E-state index is 8.85. The fourth-order valence-corrected chi connectivity index (χ4v) is 3.33. The molecule has 0 spiro atoms. The number of nitrogens with zero attached hydrogens (tertiary/aromatic N) is 3. The van der Waals surface area contributed by atoms with E-state index in [-0.39, 0.29) is 6.04 Å². The fraction of sp³-hybridized carbons (Fsp3) is 0.143. The van der Waals surface area contributed by atoms with Crippen molar-refractivity contribution in [2.45, 2.75) is 12.6 Å². The van der Waals surface area contributed by atoms with Crippen molar-refractivity contribution in [1.29, 1.82) is 5.26 Å². The second kappa shape index (κ2) is 6.77. The molecule has 2 heterocycles. The molecule has 0 saturated heterocycles. The van der Waals surface area contributed by atoms with E-state index in [9.17, 15) is 0 Å². The van der Waals surface area contributed by atoms with Crippen molar-refractivity contribution < 1.29 is 0 Å². The molecule has 1 unspecified atom stereocenters. The predicted octanol–water partition coefficient (Wildman–Crippen LogP) is 3.18. The summed E-state index contributed by atoms with van der Waals surface area (Å²) >= 11 is 0. The van der Waals surface area contributed by atoms with Crippen LogP contribution in [0.2, 0.25) is 0 Å². The van der Waals surface area contributed by atoms with Crippen LogP contribution in [-0.4, -0.2) is 16.1 Å². The highest BCUT2D eigenvalue weighted by Gasteiger charge is 2.27. The normalized spacial score (nSPS) is 14.2. The minimum Gasteiger partial charge on any atom is -0.370 e. The monoisotopic (exact) mass is 341 g/mol. The molecule has 0 amide bonds. The number of nitriles is 1. The predicted molar refractivity (Wildman–Crippen MR) is 101 cm³/mol. The van der Waals surface area contributed by atoms with Crippen molar-refractivity contribution in [2.24, 2.45) is 0 Å². The van der Waals surface area contributed by atoms with Gasteiger partial charge in [-0.2, -0.15) is 5.26 Å². The molecule has 0 radical (unpaired) electrons. The van der Waals surface area contributed by atoms with E-state index in [1.165, 1.54) is 11.1 Å². The van der Waals surface area contributed by atoms with Crippen LogP contribution in [-0.2, 0) is 6.54 Å². The van der Waals surface area contributed by atoms with Gasteiger partial charge in [-0.3, -0.25) is 0 Å². The first-order valence-electron chi connectivity index (χ1n) is 8.53. The quantitative estimate of drug-likeness (QED) is 0.723. The Hall–Kier alpha value is -3.52. The van der Waals surface area contributed by atoms with Crippen molar-refractivity contribution >= 4 is 0 Å². The minimum absolute atomic E-state index is 0.206. The molecule has 26 heavy (non-hydrogen) atoms. The molecule has 1 atom stereocenters. The van der Waals surface area contributed by atoms with E-state index in [4.69, 9.17) is 5.26 Å². The lowest BCUT2D eigenvalue weighted by atomic mass is 10.0. The summed E-state index contributed by atoms with van der Waals surface area (Å²) in [5.41, 5.74) is 5.48. The molecule has 0 fully saturated rings. The van der Waals surface area contributed by atoms with Gasteiger partial charge in [-0.1, -0.05) is 43.0 Å². The van der Waals surface area contributed by atoms with Crippen molar-refractivity contribution in [1.82, 2.24) is 20.2 Å². The Kier molecular flexibility index (Phi) is 4.16. The molecule has 128 valence electrons. The summed E-state index contributed by atoms with van der Waals surface area (Å²) in [6.07, 6.45) is 3.80. The van der Waals surface area contributed by atoms with E-state index in [0.29, 0.717) is 12.1 Å². The Bertz CT molecular complexity index is 978. The molecular weight excluding hydrogens is 322 g/mol. The van der Waals surface area contributed by atoms with Gasteiger partial charge in [0.15, 0.2) is 0 Å². The molecule has 0 aliphatic carbocycles. The molecule has 5 heteroatoms. The number of imidazole rings is 1. The van der Waals surface area contributed by atoms with Gasteiger partial charge in [0.2, 0.25) is 0 Å². The summed E-state index contributed by atoms with van der Waals surface area (Å²) in [4.78, 5) is 4.28. The molecule has 1 aliphatic heterocycles. The Morgan fingerprint density at radius 3 is 2.77 bits per heavy atom. The van der Waals surface area contributed by atoms with E-state index in [2.05, 4.69) is 57.1 Å². The van der Waals surface area contributed by atoms with Crippen LogP contribution in [0.5, 0.6) is 0 Å². The summed E-state index contributed by atoms with van der Waals surface area (Å²) in [5.74, 6) is 0.778. The molecule has 1 aromatic heterocycles. The highest BCUT2D eigenvalue weighted by Crippen LogP contribution is 2.38. The zero-order valence-corrected chi connectivity index (χ0v) is 14.3. The Morgan fingerprint density at radius 2 is 1.96 bits per heavy atom. The van der Waals surface area contributed by atoms with Gasteiger partial charge in [0, 0.05) is 18.7 Å². The summed E-state index contributed by atoms with van der Waals surface area (Å²) in [5, 5.41) is 15.5. The number of rotatable bonds is 6. The second-order valence-corrected chi connectivity index (χ2v) is 6.31. The number of benzene rings is 2. The summed E-state index contributed by atoms with van der Waals surface area (Å²) in [6, 6.07) is 18.3. The molecule has 1 aliphatic rings. The van der Waals surface area contributed by atoms with Gasteiger partial charge in [0.1, 0.15) is 0 Å². The first kappa shape index (κ1) is 16.0. The average molecular weight is 341 g/mol. The van der Waals surface area contributed by atoms with Crippen LogP contribution in [0.15, 0.2) is 73.5 Å². The van der Waals surface area contributed by atoms with Crippen molar-refractivity contribution in [3.05, 3.63) is 90.1 Å². The number of aromatic nitrogens is 2.